The van der Waals surface area contributed by atoms with Crippen LogP contribution in [0.4, 0.5) is 5.95 Å². The second-order valence-electron chi connectivity index (χ2n) is 4.48. The van der Waals surface area contributed by atoms with Gasteiger partial charge in [0.15, 0.2) is 0 Å². The molecule has 0 aromatic carbocycles. The molecule has 0 aliphatic carbocycles. The molecule has 0 saturated carbocycles. The second-order valence-corrected chi connectivity index (χ2v) is 4.48. The first-order chi connectivity index (χ1) is 7.81. The fourth-order valence-electron chi connectivity index (χ4n) is 2.29. The van der Waals surface area contributed by atoms with Gasteiger partial charge in [0.1, 0.15) is 0 Å². The van der Waals surface area contributed by atoms with Crippen molar-refractivity contribution in [2.75, 3.05) is 18.0 Å². The van der Waals surface area contributed by atoms with Crippen molar-refractivity contribution in [3.8, 4) is 0 Å². The van der Waals surface area contributed by atoms with Gasteiger partial charge in [0, 0.05) is 25.0 Å². The fraction of sp³-hybridized carbons (Fsp3) is 0.667. The number of nitrogens with two attached hydrogens (primary N) is 1. The van der Waals surface area contributed by atoms with Crippen molar-refractivity contribution in [1.82, 2.24) is 9.97 Å². The first-order valence-electron chi connectivity index (χ1n) is 6.06. The van der Waals surface area contributed by atoms with Crippen LogP contribution in [0.15, 0.2) is 12.4 Å². The normalized spacial score (nSPS) is 20.4. The molecule has 0 amide bonds. The molecular formula is C12H20N4. The monoisotopic (exact) mass is 220 g/mol. The van der Waals surface area contributed by atoms with Crippen molar-refractivity contribution in [1.29, 1.82) is 0 Å². The van der Waals surface area contributed by atoms with E-state index in [9.17, 15) is 0 Å². The maximum Gasteiger partial charge on any atom is 0.225 e. The van der Waals surface area contributed by atoms with Crippen LogP contribution in [0.25, 0.3) is 0 Å². The molecule has 0 spiro atoms. The van der Waals surface area contributed by atoms with E-state index in [1.165, 1.54) is 12.8 Å². The molecule has 2 heterocycles. The zero-order valence-corrected chi connectivity index (χ0v) is 9.89. The van der Waals surface area contributed by atoms with Crippen LogP contribution in [-0.2, 0) is 0 Å². The first-order valence-corrected chi connectivity index (χ1v) is 6.06. The van der Waals surface area contributed by atoms with Crippen molar-refractivity contribution < 1.29 is 0 Å². The van der Waals surface area contributed by atoms with Gasteiger partial charge in [0.25, 0.3) is 0 Å². The minimum atomic E-state index is 0.589. The van der Waals surface area contributed by atoms with Crippen LogP contribution in [0.5, 0.6) is 0 Å². The molecule has 1 aliphatic rings. The number of hydrogen-bond acceptors (Lipinski definition) is 4. The third-order valence-corrected chi connectivity index (χ3v) is 3.14. The van der Waals surface area contributed by atoms with Crippen molar-refractivity contribution in [3.63, 3.8) is 0 Å². The summed E-state index contributed by atoms with van der Waals surface area (Å²) < 4.78 is 0. The van der Waals surface area contributed by atoms with E-state index < -0.39 is 0 Å². The van der Waals surface area contributed by atoms with E-state index in [4.69, 9.17) is 5.73 Å². The molecule has 1 aliphatic heterocycles. The Labute approximate surface area is 96.9 Å². The van der Waals surface area contributed by atoms with Gasteiger partial charge in [0.05, 0.1) is 0 Å². The minimum absolute atomic E-state index is 0.589. The standard InChI is InChI=1S/C12H20N4/c1-10-8-14-12(15-9-10)16-7-3-5-11(16)4-2-6-13/h8-9,11H,2-7,13H2,1H3. The van der Waals surface area contributed by atoms with E-state index >= 15 is 0 Å². The molecular weight excluding hydrogens is 200 g/mol. The average Bonchev–Trinajstić information content (AvgIpc) is 2.75. The highest BCUT2D eigenvalue weighted by molar-refractivity contribution is 5.33. The average molecular weight is 220 g/mol. The molecule has 2 N–H and O–H groups in total. The predicted molar refractivity (Wildman–Crippen MR) is 65.4 cm³/mol. The lowest BCUT2D eigenvalue weighted by Gasteiger charge is -2.24. The highest BCUT2D eigenvalue weighted by atomic mass is 15.3. The summed E-state index contributed by atoms with van der Waals surface area (Å²) in [6.45, 7) is 3.87. The van der Waals surface area contributed by atoms with Crippen LogP contribution in [0.3, 0.4) is 0 Å². The van der Waals surface area contributed by atoms with Crippen LogP contribution < -0.4 is 10.6 Å². The molecule has 0 bridgehead atoms. The van der Waals surface area contributed by atoms with Crippen molar-refractivity contribution in [3.05, 3.63) is 18.0 Å². The summed E-state index contributed by atoms with van der Waals surface area (Å²) in [5, 5.41) is 0. The first kappa shape index (κ1) is 11.3. The number of rotatable bonds is 4. The Morgan fingerprint density at radius 1 is 1.44 bits per heavy atom. The summed E-state index contributed by atoms with van der Waals surface area (Å²) in [4.78, 5) is 11.1. The minimum Gasteiger partial charge on any atom is -0.338 e. The summed E-state index contributed by atoms with van der Waals surface area (Å²) in [6.07, 6.45) is 8.52. The SMILES string of the molecule is Cc1cnc(N2CCCC2CCCN)nc1. The Kier molecular flexibility index (Phi) is 3.72. The van der Waals surface area contributed by atoms with Crippen LogP contribution in [0.2, 0.25) is 0 Å². The maximum atomic E-state index is 5.56. The number of anilines is 1. The van der Waals surface area contributed by atoms with Gasteiger partial charge in [-0.05, 0) is 44.7 Å². The Morgan fingerprint density at radius 3 is 2.88 bits per heavy atom. The molecule has 88 valence electrons. The second kappa shape index (κ2) is 5.25. The molecule has 4 heteroatoms. The fourth-order valence-corrected chi connectivity index (χ4v) is 2.29. The van der Waals surface area contributed by atoms with Crippen molar-refractivity contribution >= 4 is 5.95 Å². The molecule has 2 rings (SSSR count). The molecule has 1 aromatic rings. The predicted octanol–water partition coefficient (Wildman–Crippen LogP) is 1.49. The number of nitrogens with zero attached hydrogens (tertiary/aromatic N) is 3. The Morgan fingerprint density at radius 2 is 2.19 bits per heavy atom. The van der Waals surface area contributed by atoms with Gasteiger partial charge in [-0.3, -0.25) is 0 Å². The van der Waals surface area contributed by atoms with E-state index in [2.05, 4.69) is 14.9 Å². The van der Waals surface area contributed by atoms with Gasteiger partial charge in [-0.25, -0.2) is 9.97 Å². The number of aryl methyl sites for hydroxylation is 1. The van der Waals surface area contributed by atoms with Gasteiger partial charge in [-0.2, -0.15) is 0 Å². The lowest BCUT2D eigenvalue weighted by Crippen LogP contribution is -2.31. The lowest BCUT2D eigenvalue weighted by atomic mass is 10.1. The van der Waals surface area contributed by atoms with Crippen LogP contribution in [-0.4, -0.2) is 29.1 Å². The third kappa shape index (κ3) is 2.50. The largest absolute Gasteiger partial charge is 0.338 e. The molecule has 0 radical (unpaired) electrons. The van der Waals surface area contributed by atoms with Gasteiger partial charge >= 0.3 is 0 Å². The third-order valence-electron chi connectivity index (χ3n) is 3.14. The van der Waals surface area contributed by atoms with E-state index in [1.807, 2.05) is 19.3 Å². The Bertz CT molecular complexity index is 322. The molecule has 16 heavy (non-hydrogen) atoms. The summed E-state index contributed by atoms with van der Waals surface area (Å²) >= 11 is 0. The molecule has 4 nitrogen and oxygen atoms in total. The zero-order valence-electron chi connectivity index (χ0n) is 9.89. The van der Waals surface area contributed by atoms with Gasteiger partial charge in [-0.1, -0.05) is 0 Å². The lowest BCUT2D eigenvalue weighted by molar-refractivity contribution is 0.578. The number of hydrogen-bond donors (Lipinski definition) is 1. The van der Waals surface area contributed by atoms with Gasteiger partial charge in [0.2, 0.25) is 5.95 Å². The van der Waals surface area contributed by atoms with E-state index in [0.29, 0.717) is 6.04 Å². The molecule has 1 saturated heterocycles. The van der Waals surface area contributed by atoms with Gasteiger partial charge < -0.3 is 10.6 Å². The van der Waals surface area contributed by atoms with Gasteiger partial charge in [-0.15, -0.1) is 0 Å². The maximum absolute atomic E-state index is 5.56. The quantitative estimate of drug-likeness (QED) is 0.835. The van der Waals surface area contributed by atoms with Crippen LogP contribution >= 0.6 is 0 Å². The Hall–Kier alpha value is -1.16. The van der Waals surface area contributed by atoms with E-state index in [1.54, 1.807) is 0 Å². The summed E-state index contributed by atoms with van der Waals surface area (Å²) in [7, 11) is 0. The smallest absolute Gasteiger partial charge is 0.225 e. The zero-order chi connectivity index (χ0) is 11.4. The summed E-state index contributed by atoms with van der Waals surface area (Å²) in [5.41, 5.74) is 6.67. The van der Waals surface area contributed by atoms with E-state index in [-0.39, 0.29) is 0 Å². The molecule has 1 unspecified atom stereocenters. The van der Waals surface area contributed by atoms with Crippen molar-refractivity contribution in [2.24, 2.45) is 5.73 Å². The van der Waals surface area contributed by atoms with E-state index in [0.717, 1.165) is 37.4 Å². The number of aromatic nitrogens is 2. The summed E-state index contributed by atoms with van der Waals surface area (Å²) in [5.74, 6) is 0.880. The van der Waals surface area contributed by atoms with Crippen LogP contribution in [0, 0.1) is 6.92 Å². The Balaban J connectivity index is 2.04. The molecule has 1 aromatic heterocycles. The summed E-state index contributed by atoms with van der Waals surface area (Å²) in [6, 6.07) is 0.589. The highest BCUT2D eigenvalue weighted by Gasteiger charge is 2.25. The topological polar surface area (TPSA) is 55.0 Å². The van der Waals surface area contributed by atoms with Crippen LogP contribution in [0.1, 0.15) is 31.2 Å². The molecule has 1 fully saturated rings. The highest BCUT2D eigenvalue weighted by Crippen LogP contribution is 2.24. The molecule has 1 atom stereocenters. The van der Waals surface area contributed by atoms with Crippen molar-refractivity contribution in [2.45, 2.75) is 38.6 Å².